The van der Waals surface area contributed by atoms with Gasteiger partial charge in [0.1, 0.15) is 6.54 Å². The third-order valence-electron chi connectivity index (χ3n) is 7.75. The maximum absolute atomic E-state index is 12.5. The molecule has 0 saturated carbocycles. The molecule has 0 bridgehead atoms. The van der Waals surface area contributed by atoms with Crippen LogP contribution < -0.4 is 0 Å². The summed E-state index contributed by atoms with van der Waals surface area (Å²) in [7, 11) is 0. The van der Waals surface area contributed by atoms with E-state index in [4.69, 9.17) is 4.74 Å². The number of carbonyl (C=O) groups excluding carboxylic acids is 2. The highest BCUT2D eigenvalue weighted by molar-refractivity contribution is 6.02. The molecule has 0 aliphatic carbocycles. The lowest BCUT2D eigenvalue weighted by atomic mass is 9.77. The van der Waals surface area contributed by atoms with Gasteiger partial charge in [-0.05, 0) is 63.7 Å². The molecule has 1 aliphatic heterocycles. The average molecular weight is 455 g/mol. The Bertz CT molecular complexity index is 599. The molecule has 0 aromatic carbocycles. The number of rotatable bonds is 18. The molecule has 1 heterocycles. The van der Waals surface area contributed by atoms with Crippen molar-refractivity contribution in [2.45, 2.75) is 98.8 Å². The number of ether oxygens (including phenoxy) is 1. The van der Waals surface area contributed by atoms with Gasteiger partial charge in [0.25, 0.3) is 0 Å². The Labute approximate surface area is 194 Å². The number of hydrogen-bond donors (Lipinski definition) is 1. The monoisotopic (exact) mass is 454 g/mol. The van der Waals surface area contributed by atoms with Crippen LogP contribution in [0.15, 0.2) is 0 Å². The topological polar surface area (TPSA) is 87.2 Å². The van der Waals surface area contributed by atoms with Crippen LogP contribution in [-0.4, -0.2) is 65.7 Å². The number of amides is 3. The Morgan fingerprint density at radius 1 is 0.906 bits per heavy atom. The van der Waals surface area contributed by atoms with E-state index < -0.39 is 11.4 Å². The minimum absolute atomic E-state index is 0.0322. The summed E-state index contributed by atoms with van der Waals surface area (Å²) in [6.45, 7) is 12.7. The van der Waals surface area contributed by atoms with E-state index in [1.54, 1.807) is 4.90 Å². The number of likely N-dealkylation sites (N-methyl/N-ethyl adjacent to an activating group) is 1. The minimum Gasteiger partial charge on any atom is -0.481 e. The standard InChI is InChI=1S/C25H46N2O5/c1-6-24(7-2,20-27-21(28)19-26(10-5)23(27)31)15-11-13-17-32-18-14-12-16-25(8-3,9-4)22(29)30/h6-20H2,1-5H3,(H,29,30). The van der Waals surface area contributed by atoms with Crippen molar-refractivity contribution in [3.8, 4) is 0 Å². The third-order valence-corrected chi connectivity index (χ3v) is 7.75. The molecule has 32 heavy (non-hydrogen) atoms. The molecule has 1 saturated heterocycles. The van der Waals surface area contributed by atoms with Crippen molar-refractivity contribution in [1.29, 1.82) is 0 Å². The van der Waals surface area contributed by atoms with Crippen LogP contribution in [0.4, 0.5) is 4.79 Å². The summed E-state index contributed by atoms with van der Waals surface area (Å²) in [4.78, 5) is 39.4. The molecular formula is C25H46N2O5. The van der Waals surface area contributed by atoms with Crippen molar-refractivity contribution in [2.75, 3.05) is 32.8 Å². The van der Waals surface area contributed by atoms with E-state index in [1.807, 2.05) is 20.8 Å². The van der Waals surface area contributed by atoms with Crippen LogP contribution in [0, 0.1) is 10.8 Å². The van der Waals surface area contributed by atoms with Crippen LogP contribution in [-0.2, 0) is 14.3 Å². The zero-order valence-corrected chi connectivity index (χ0v) is 21.1. The number of aliphatic carboxylic acids is 1. The minimum atomic E-state index is -0.682. The Kier molecular flexibility index (Phi) is 12.3. The highest BCUT2D eigenvalue weighted by Gasteiger charge is 2.40. The summed E-state index contributed by atoms with van der Waals surface area (Å²) in [5, 5.41) is 9.50. The molecule has 3 amide bonds. The van der Waals surface area contributed by atoms with Gasteiger partial charge in [-0.25, -0.2) is 4.79 Å². The predicted octanol–water partition coefficient (Wildman–Crippen LogP) is 5.33. The Balaban J connectivity index is 2.33. The maximum Gasteiger partial charge on any atom is 0.327 e. The molecule has 1 rings (SSSR count). The first-order valence-corrected chi connectivity index (χ1v) is 12.6. The summed E-state index contributed by atoms with van der Waals surface area (Å²) in [6.07, 6.45) is 8.60. The first-order chi connectivity index (χ1) is 15.2. The van der Waals surface area contributed by atoms with Gasteiger partial charge in [-0.1, -0.05) is 40.5 Å². The quantitative estimate of drug-likeness (QED) is 0.224. The van der Waals surface area contributed by atoms with Crippen molar-refractivity contribution in [3.63, 3.8) is 0 Å². The fourth-order valence-electron chi connectivity index (χ4n) is 4.72. The van der Waals surface area contributed by atoms with Crippen LogP contribution in [0.1, 0.15) is 98.8 Å². The van der Waals surface area contributed by atoms with Gasteiger partial charge in [-0.15, -0.1) is 0 Å². The molecule has 7 nitrogen and oxygen atoms in total. The van der Waals surface area contributed by atoms with E-state index in [9.17, 15) is 19.5 Å². The van der Waals surface area contributed by atoms with Gasteiger partial charge < -0.3 is 14.7 Å². The molecule has 0 spiro atoms. The molecular weight excluding hydrogens is 408 g/mol. The maximum atomic E-state index is 12.5. The highest BCUT2D eigenvalue weighted by atomic mass is 16.5. The van der Waals surface area contributed by atoms with Gasteiger partial charge in [0, 0.05) is 26.3 Å². The number of imide groups is 1. The second-order valence-corrected chi connectivity index (χ2v) is 9.30. The van der Waals surface area contributed by atoms with Gasteiger partial charge >= 0.3 is 12.0 Å². The van der Waals surface area contributed by atoms with Crippen LogP contribution in [0.2, 0.25) is 0 Å². The van der Waals surface area contributed by atoms with Crippen molar-refractivity contribution in [3.05, 3.63) is 0 Å². The van der Waals surface area contributed by atoms with Gasteiger partial charge in [-0.2, -0.15) is 0 Å². The van der Waals surface area contributed by atoms with E-state index in [0.29, 0.717) is 45.6 Å². The molecule has 0 atom stereocenters. The fourth-order valence-corrected chi connectivity index (χ4v) is 4.72. The molecule has 0 unspecified atom stereocenters. The summed E-state index contributed by atoms with van der Waals surface area (Å²) in [5.41, 5.74) is -0.620. The average Bonchev–Trinajstić information content (AvgIpc) is 3.06. The van der Waals surface area contributed by atoms with Gasteiger partial charge in [0.15, 0.2) is 0 Å². The summed E-state index contributed by atoms with van der Waals surface area (Å²) in [5.74, 6) is -0.761. The molecule has 0 aromatic rings. The summed E-state index contributed by atoms with van der Waals surface area (Å²) >= 11 is 0. The van der Waals surface area contributed by atoms with E-state index in [2.05, 4.69) is 13.8 Å². The van der Waals surface area contributed by atoms with Crippen LogP contribution in [0.5, 0.6) is 0 Å². The number of carboxylic acid groups (broad SMARTS) is 1. The molecule has 7 heteroatoms. The first kappa shape index (κ1) is 28.4. The zero-order valence-electron chi connectivity index (χ0n) is 21.1. The summed E-state index contributed by atoms with van der Waals surface area (Å²) in [6, 6.07) is -0.148. The predicted molar refractivity (Wildman–Crippen MR) is 127 cm³/mol. The number of hydrogen-bond acceptors (Lipinski definition) is 4. The van der Waals surface area contributed by atoms with E-state index >= 15 is 0 Å². The largest absolute Gasteiger partial charge is 0.481 e. The lowest BCUT2D eigenvalue weighted by molar-refractivity contribution is -0.150. The Hall–Kier alpha value is -1.63. The van der Waals surface area contributed by atoms with Crippen molar-refractivity contribution in [1.82, 2.24) is 9.80 Å². The van der Waals surface area contributed by atoms with E-state index in [0.717, 1.165) is 44.9 Å². The Morgan fingerprint density at radius 3 is 1.91 bits per heavy atom. The normalized spacial score (nSPS) is 15.2. The molecule has 186 valence electrons. The SMILES string of the molecule is CCN1CC(=O)N(CC(CC)(CC)CCCCOCCCCC(CC)(CC)C(=O)O)C1=O. The highest BCUT2D eigenvalue weighted by Crippen LogP contribution is 2.35. The van der Waals surface area contributed by atoms with Crippen molar-refractivity contribution in [2.24, 2.45) is 10.8 Å². The number of unbranched alkanes of at least 4 members (excludes halogenated alkanes) is 2. The van der Waals surface area contributed by atoms with E-state index in [1.165, 1.54) is 4.90 Å². The summed E-state index contributed by atoms with van der Waals surface area (Å²) < 4.78 is 5.78. The van der Waals surface area contributed by atoms with Crippen LogP contribution in [0.3, 0.4) is 0 Å². The molecule has 0 radical (unpaired) electrons. The number of urea groups is 1. The number of carboxylic acids is 1. The van der Waals surface area contributed by atoms with E-state index in [-0.39, 0.29) is 23.9 Å². The molecule has 1 fully saturated rings. The molecule has 1 aliphatic rings. The number of carbonyl (C=O) groups is 3. The number of nitrogens with zero attached hydrogens (tertiary/aromatic N) is 2. The van der Waals surface area contributed by atoms with Crippen LogP contribution in [0.25, 0.3) is 0 Å². The Morgan fingerprint density at radius 2 is 1.47 bits per heavy atom. The molecule has 0 aromatic heterocycles. The molecule has 1 N–H and O–H groups in total. The van der Waals surface area contributed by atoms with Crippen molar-refractivity contribution >= 4 is 17.9 Å². The lowest BCUT2D eigenvalue weighted by Crippen LogP contribution is -2.41. The lowest BCUT2D eigenvalue weighted by Gasteiger charge is -2.35. The van der Waals surface area contributed by atoms with Gasteiger partial charge in [0.2, 0.25) is 5.91 Å². The fraction of sp³-hybridized carbons (Fsp3) is 0.880. The van der Waals surface area contributed by atoms with Gasteiger partial charge in [-0.3, -0.25) is 14.5 Å². The van der Waals surface area contributed by atoms with Crippen molar-refractivity contribution < 1.29 is 24.2 Å². The zero-order chi connectivity index (χ0) is 24.2. The third kappa shape index (κ3) is 7.46. The first-order valence-electron chi connectivity index (χ1n) is 12.6. The second kappa shape index (κ2) is 13.8. The van der Waals surface area contributed by atoms with Crippen LogP contribution >= 0.6 is 0 Å². The van der Waals surface area contributed by atoms with Gasteiger partial charge in [0.05, 0.1) is 5.41 Å². The smallest absolute Gasteiger partial charge is 0.327 e. The second-order valence-electron chi connectivity index (χ2n) is 9.30.